The molecule has 0 unspecified atom stereocenters. The standard InChI is InChI=1S/C11H10ClN5O3/c1-17-10(13-5-14-17)16-11(20)15-8-4-6(9(18)19)2-3-7(8)12/h2-5H,1H3,(H,18,19)(H2,13,14,15,16,20). The van der Waals surface area contributed by atoms with Gasteiger partial charge in [0.25, 0.3) is 0 Å². The normalized spacial score (nSPS) is 10.1. The third-order valence-corrected chi connectivity index (χ3v) is 2.73. The van der Waals surface area contributed by atoms with Gasteiger partial charge in [0, 0.05) is 7.05 Å². The topological polar surface area (TPSA) is 109 Å². The van der Waals surface area contributed by atoms with Crippen LogP contribution in [0.3, 0.4) is 0 Å². The van der Waals surface area contributed by atoms with Gasteiger partial charge in [0.1, 0.15) is 6.33 Å². The molecule has 0 bridgehead atoms. The van der Waals surface area contributed by atoms with Gasteiger partial charge in [-0.25, -0.2) is 14.3 Å². The molecule has 0 saturated carbocycles. The summed E-state index contributed by atoms with van der Waals surface area (Å²) in [5, 5.41) is 17.8. The van der Waals surface area contributed by atoms with E-state index in [1.165, 1.54) is 29.2 Å². The van der Waals surface area contributed by atoms with Crippen LogP contribution in [0.15, 0.2) is 24.5 Å². The molecule has 0 atom stereocenters. The van der Waals surface area contributed by atoms with Crippen molar-refractivity contribution in [3.63, 3.8) is 0 Å². The van der Waals surface area contributed by atoms with Crippen molar-refractivity contribution in [2.45, 2.75) is 0 Å². The van der Waals surface area contributed by atoms with Crippen LogP contribution in [0.4, 0.5) is 16.4 Å². The van der Waals surface area contributed by atoms with Crippen molar-refractivity contribution < 1.29 is 14.7 Å². The molecule has 104 valence electrons. The van der Waals surface area contributed by atoms with E-state index in [0.29, 0.717) is 0 Å². The van der Waals surface area contributed by atoms with Gasteiger partial charge >= 0.3 is 12.0 Å². The number of urea groups is 1. The Morgan fingerprint density at radius 3 is 2.70 bits per heavy atom. The van der Waals surface area contributed by atoms with E-state index in [9.17, 15) is 9.59 Å². The number of benzene rings is 1. The first-order valence-electron chi connectivity index (χ1n) is 5.42. The minimum atomic E-state index is -1.11. The first-order chi connectivity index (χ1) is 9.47. The number of nitrogens with one attached hydrogen (secondary N) is 2. The van der Waals surface area contributed by atoms with Gasteiger partial charge in [0.05, 0.1) is 16.3 Å². The minimum absolute atomic E-state index is 0.0170. The van der Waals surface area contributed by atoms with Gasteiger partial charge in [0.15, 0.2) is 0 Å². The number of anilines is 2. The number of carbonyl (C=O) groups excluding carboxylic acids is 1. The Labute approximate surface area is 118 Å². The quantitative estimate of drug-likeness (QED) is 0.800. The third kappa shape index (κ3) is 3.04. The maximum Gasteiger partial charge on any atom is 0.335 e. The molecule has 0 aliphatic rings. The zero-order valence-corrected chi connectivity index (χ0v) is 11.0. The summed E-state index contributed by atoms with van der Waals surface area (Å²) in [7, 11) is 1.61. The fourth-order valence-corrected chi connectivity index (χ4v) is 1.58. The van der Waals surface area contributed by atoms with Crippen molar-refractivity contribution in [2.24, 2.45) is 7.05 Å². The van der Waals surface area contributed by atoms with Crippen molar-refractivity contribution in [3.8, 4) is 0 Å². The van der Waals surface area contributed by atoms with E-state index in [4.69, 9.17) is 16.7 Å². The molecule has 1 aromatic carbocycles. The van der Waals surface area contributed by atoms with Gasteiger partial charge in [-0.1, -0.05) is 11.6 Å². The van der Waals surface area contributed by atoms with Crippen molar-refractivity contribution >= 4 is 35.2 Å². The smallest absolute Gasteiger partial charge is 0.335 e. The molecule has 2 aromatic rings. The van der Waals surface area contributed by atoms with Crippen LogP contribution in [0.5, 0.6) is 0 Å². The van der Waals surface area contributed by atoms with E-state index in [1.54, 1.807) is 7.05 Å². The molecular formula is C11H10ClN5O3. The maximum atomic E-state index is 11.8. The Hall–Kier alpha value is -2.61. The highest BCUT2D eigenvalue weighted by Crippen LogP contribution is 2.23. The molecule has 0 saturated heterocycles. The zero-order chi connectivity index (χ0) is 14.7. The Morgan fingerprint density at radius 2 is 2.10 bits per heavy atom. The molecule has 0 radical (unpaired) electrons. The number of aromatic carboxylic acids is 1. The Kier molecular flexibility index (Phi) is 3.85. The van der Waals surface area contributed by atoms with Crippen LogP contribution in [-0.2, 0) is 7.05 Å². The average Bonchev–Trinajstić information content (AvgIpc) is 2.77. The SMILES string of the molecule is Cn1ncnc1NC(=O)Nc1cc(C(=O)O)ccc1Cl. The van der Waals surface area contributed by atoms with Crippen LogP contribution >= 0.6 is 11.6 Å². The first-order valence-corrected chi connectivity index (χ1v) is 5.80. The van der Waals surface area contributed by atoms with Crippen LogP contribution in [0.25, 0.3) is 0 Å². The van der Waals surface area contributed by atoms with E-state index in [2.05, 4.69) is 20.7 Å². The van der Waals surface area contributed by atoms with Gasteiger partial charge in [-0.05, 0) is 18.2 Å². The molecule has 9 heteroatoms. The summed E-state index contributed by atoms with van der Waals surface area (Å²) >= 11 is 5.89. The number of aromatic nitrogens is 3. The Morgan fingerprint density at radius 1 is 1.35 bits per heavy atom. The third-order valence-electron chi connectivity index (χ3n) is 2.40. The monoisotopic (exact) mass is 295 g/mol. The van der Waals surface area contributed by atoms with Gasteiger partial charge in [-0.2, -0.15) is 10.1 Å². The molecule has 8 nitrogen and oxygen atoms in total. The lowest BCUT2D eigenvalue weighted by molar-refractivity contribution is 0.0697. The van der Waals surface area contributed by atoms with E-state index in [1.807, 2.05) is 0 Å². The molecule has 0 aliphatic carbocycles. The van der Waals surface area contributed by atoms with Crippen molar-refractivity contribution in [1.82, 2.24) is 14.8 Å². The lowest BCUT2D eigenvalue weighted by Crippen LogP contribution is -2.22. The summed E-state index contributed by atoms with van der Waals surface area (Å²) in [5.74, 6) is -0.869. The Bertz CT molecular complexity index is 670. The average molecular weight is 296 g/mol. The highest BCUT2D eigenvalue weighted by atomic mass is 35.5. The highest BCUT2D eigenvalue weighted by Gasteiger charge is 2.11. The van der Waals surface area contributed by atoms with Gasteiger partial charge in [0.2, 0.25) is 5.95 Å². The second-order valence-corrected chi connectivity index (χ2v) is 4.19. The fraction of sp³-hybridized carbons (Fsp3) is 0.0909. The molecule has 20 heavy (non-hydrogen) atoms. The number of carbonyl (C=O) groups is 2. The van der Waals surface area contributed by atoms with Crippen LogP contribution in [0, 0.1) is 0 Å². The molecule has 1 heterocycles. The second-order valence-electron chi connectivity index (χ2n) is 3.79. The van der Waals surface area contributed by atoms with Gasteiger partial charge in [-0.15, -0.1) is 0 Å². The number of aryl methyl sites for hydroxylation is 1. The first kappa shape index (κ1) is 13.8. The fourth-order valence-electron chi connectivity index (χ4n) is 1.42. The highest BCUT2D eigenvalue weighted by molar-refractivity contribution is 6.34. The molecule has 0 spiro atoms. The number of nitrogens with zero attached hydrogens (tertiary/aromatic N) is 3. The van der Waals surface area contributed by atoms with E-state index < -0.39 is 12.0 Å². The Balaban J connectivity index is 2.13. The summed E-state index contributed by atoms with van der Waals surface area (Å²) in [5.41, 5.74) is 0.203. The number of amides is 2. The van der Waals surface area contributed by atoms with Crippen LogP contribution in [-0.4, -0.2) is 31.9 Å². The number of carboxylic acids is 1. The molecular weight excluding hydrogens is 286 g/mol. The molecule has 2 rings (SSSR count). The van der Waals surface area contributed by atoms with Crippen molar-refractivity contribution in [1.29, 1.82) is 0 Å². The number of halogens is 1. The van der Waals surface area contributed by atoms with E-state index in [-0.39, 0.29) is 22.2 Å². The molecule has 3 N–H and O–H groups in total. The number of carboxylic acid groups (broad SMARTS) is 1. The summed E-state index contributed by atoms with van der Waals surface area (Å²) in [6, 6.07) is 3.39. The lowest BCUT2D eigenvalue weighted by Gasteiger charge is -2.09. The second kappa shape index (κ2) is 5.57. The zero-order valence-electron chi connectivity index (χ0n) is 10.3. The summed E-state index contributed by atoms with van der Waals surface area (Å²) in [6.45, 7) is 0. The summed E-state index contributed by atoms with van der Waals surface area (Å²) in [4.78, 5) is 26.4. The van der Waals surface area contributed by atoms with Crippen molar-refractivity contribution in [2.75, 3.05) is 10.6 Å². The van der Waals surface area contributed by atoms with Crippen molar-refractivity contribution in [3.05, 3.63) is 35.1 Å². The molecule has 2 amide bonds. The van der Waals surface area contributed by atoms with Crippen LogP contribution < -0.4 is 10.6 Å². The number of hydrogen-bond donors (Lipinski definition) is 3. The molecule has 0 aliphatic heterocycles. The van der Waals surface area contributed by atoms with E-state index in [0.717, 1.165) is 0 Å². The maximum absolute atomic E-state index is 11.8. The molecule has 0 fully saturated rings. The van der Waals surface area contributed by atoms with Crippen LogP contribution in [0.2, 0.25) is 5.02 Å². The van der Waals surface area contributed by atoms with Crippen LogP contribution in [0.1, 0.15) is 10.4 Å². The summed E-state index contributed by atoms with van der Waals surface area (Å²) < 4.78 is 1.37. The summed E-state index contributed by atoms with van der Waals surface area (Å²) in [6.07, 6.45) is 1.29. The predicted molar refractivity (Wildman–Crippen MR) is 72.1 cm³/mol. The molecule has 1 aromatic heterocycles. The largest absolute Gasteiger partial charge is 0.478 e. The number of rotatable bonds is 3. The van der Waals surface area contributed by atoms with E-state index >= 15 is 0 Å². The minimum Gasteiger partial charge on any atom is -0.478 e. The van der Waals surface area contributed by atoms with Gasteiger partial charge in [-0.3, -0.25) is 5.32 Å². The predicted octanol–water partition coefficient (Wildman–Crippen LogP) is 1.81. The van der Waals surface area contributed by atoms with Gasteiger partial charge < -0.3 is 10.4 Å². The lowest BCUT2D eigenvalue weighted by atomic mass is 10.2. The number of hydrogen-bond acceptors (Lipinski definition) is 4.